The molecular formula is C14H12ClFN2O2S. The lowest BCUT2D eigenvalue weighted by molar-refractivity contribution is -0.645. The first-order valence-electron chi connectivity index (χ1n) is 6.08. The van der Waals surface area contributed by atoms with Crippen molar-refractivity contribution in [1.82, 2.24) is 0 Å². The number of amides is 1. The summed E-state index contributed by atoms with van der Waals surface area (Å²) in [5, 5.41) is 14.1. The Morgan fingerprint density at radius 1 is 1.43 bits per heavy atom. The minimum absolute atomic E-state index is 0.0555. The molecule has 2 aromatic rings. The third-order valence-corrected chi connectivity index (χ3v) is 4.00. The molecule has 1 aromatic carbocycles. The van der Waals surface area contributed by atoms with Crippen molar-refractivity contribution in [2.24, 2.45) is 0 Å². The minimum atomic E-state index is -0.605. The maximum atomic E-state index is 13.6. The number of nitrogens with zero attached hydrogens (tertiary/aromatic N) is 1. The van der Waals surface area contributed by atoms with Crippen LogP contribution in [0.4, 0.5) is 10.1 Å². The number of benzene rings is 1. The van der Waals surface area contributed by atoms with E-state index in [1.807, 2.05) is 0 Å². The molecular weight excluding hydrogens is 315 g/mol. The Morgan fingerprint density at radius 2 is 2.19 bits per heavy atom. The average Bonchev–Trinajstić information content (AvgIpc) is 2.44. The largest absolute Gasteiger partial charge is 0.618 e. The van der Waals surface area contributed by atoms with Gasteiger partial charge in [0.05, 0.1) is 10.9 Å². The number of carbonyl (C=O) groups is 1. The van der Waals surface area contributed by atoms with Crippen LogP contribution in [0.25, 0.3) is 0 Å². The van der Waals surface area contributed by atoms with Crippen LogP contribution in [0.2, 0.25) is 5.02 Å². The molecule has 0 radical (unpaired) electrons. The molecule has 1 atom stereocenters. The third-order valence-electron chi connectivity index (χ3n) is 2.64. The van der Waals surface area contributed by atoms with Crippen LogP contribution in [0.3, 0.4) is 0 Å². The first-order chi connectivity index (χ1) is 9.97. The van der Waals surface area contributed by atoms with Crippen LogP contribution in [-0.2, 0) is 4.79 Å². The molecule has 110 valence electrons. The van der Waals surface area contributed by atoms with Crippen molar-refractivity contribution < 1.29 is 13.9 Å². The highest BCUT2D eigenvalue weighted by molar-refractivity contribution is 8.00. The second kappa shape index (κ2) is 6.78. The number of anilines is 1. The smallest absolute Gasteiger partial charge is 0.252 e. The fraction of sp³-hybridized carbons (Fsp3) is 0.143. The predicted octanol–water partition coefficient (Wildman–Crippen LogP) is 3.23. The second-order valence-electron chi connectivity index (χ2n) is 4.24. The Balaban J connectivity index is 2.04. The lowest BCUT2D eigenvalue weighted by Crippen LogP contribution is -2.30. The molecule has 2 rings (SSSR count). The molecule has 0 unspecified atom stereocenters. The number of nitrogens with one attached hydrogen (secondary N) is 1. The first kappa shape index (κ1) is 15.6. The molecule has 1 aromatic heterocycles. The highest BCUT2D eigenvalue weighted by Gasteiger charge is 2.19. The highest BCUT2D eigenvalue weighted by Crippen LogP contribution is 2.23. The maximum absolute atomic E-state index is 13.6. The van der Waals surface area contributed by atoms with E-state index in [1.165, 1.54) is 18.3 Å². The van der Waals surface area contributed by atoms with Crippen LogP contribution >= 0.6 is 23.4 Å². The molecule has 0 fully saturated rings. The Bertz CT molecular complexity index is 669. The van der Waals surface area contributed by atoms with E-state index in [2.05, 4.69) is 5.32 Å². The quantitative estimate of drug-likeness (QED) is 0.533. The Hall–Kier alpha value is -1.79. The van der Waals surface area contributed by atoms with E-state index < -0.39 is 17.0 Å². The van der Waals surface area contributed by atoms with E-state index >= 15 is 0 Å². The molecule has 0 aliphatic carbocycles. The molecule has 0 saturated carbocycles. The summed E-state index contributed by atoms with van der Waals surface area (Å²) in [6.07, 6.45) is 1.35. The Morgan fingerprint density at radius 3 is 2.86 bits per heavy atom. The predicted molar refractivity (Wildman–Crippen MR) is 80.8 cm³/mol. The fourth-order valence-electron chi connectivity index (χ4n) is 1.56. The lowest BCUT2D eigenvalue weighted by Gasteiger charge is -2.12. The van der Waals surface area contributed by atoms with Crippen molar-refractivity contribution in [2.75, 3.05) is 5.32 Å². The summed E-state index contributed by atoms with van der Waals surface area (Å²) in [6.45, 7) is 1.64. The number of hydrogen-bond donors (Lipinski definition) is 1. The summed E-state index contributed by atoms with van der Waals surface area (Å²) in [7, 11) is 0. The van der Waals surface area contributed by atoms with E-state index in [0.717, 1.165) is 17.8 Å². The van der Waals surface area contributed by atoms with Crippen LogP contribution < -0.4 is 10.0 Å². The summed E-state index contributed by atoms with van der Waals surface area (Å²) in [5.41, 5.74) is 0.0555. The Kier molecular flexibility index (Phi) is 5.03. The average molecular weight is 327 g/mol. The van der Waals surface area contributed by atoms with Crippen LogP contribution in [0.5, 0.6) is 0 Å². The van der Waals surface area contributed by atoms with Crippen molar-refractivity contribution >= 4 is 35.0 Å². The van der Waals surface area contributed by atoms with Crippen LogP contribution in [0.15, 0.2) is 47.6 Å². The zero-order chi connectivity index (χ0) is 15.4. The number of thioether (sulfide) groups is 1. The van der Waals surface area contributed by atoms with Gasteiger partial charge in [0, 0.05) is 17.2 Å². The maximum Gasteiger partial charge on any atom is 0.252 e. The van der Waals surface area contributed by atoms with Gasteiger partial charge in [0.15, 0.2) is 6.20 Å². The highest BCUT2D eigenvalue weighted by atomic mass is 35.5. The van der Waals surface area contributed by atoms with Gasteiger partial charge in [-0.05, 0) is 43.0 Å². The summed E-state index contributed by atoms with van der Waals surface area (Å²) in [5.74, 6) is -1.00. The first-order valence-corrected chi connectivity index (χ1v) is 7.34. The molecule has 0 spiro atoms. The molecule has 4 nitrogen and oxygen atoms in total. The molecule has 0 bridgehead atoms. The standard InChI is InChI=1S/C14H12ClFN2O2S/c1-9(21-13-4-2-3-7-18(13)20)14(19)17-12-6-5-10(15)8-11(12)16/h2-9H,1H3,(H,17,19)/t9-/m1/s1. The van der Waals surface area contributed by atoms with Gasteiger partial charge in [-0.2, -0.15) is 4.73 Å². The monoisotopic (exact) mass is 326 g/mol. The second-order valence-corrected chi connectivity index (χ2v) is 6.04. The number of aromatic nitrogens is 1. The number of pyridine rings is 1. The number of halogens is 2. The van der Waals surface area contributed by atoms with Crippen molar-refractivity contribution in [1.29, 1.82) is 0 Å². The fourth-order valence-corrected chi connectivity index (χ4v) is 2.57. The summed E-state index contributed by atoms with van der Waals surface area (Å²) >= 11 is 6.74. The SMILES string of the molecule is C[C@@H](Sc1cccc[n+]1[O-])C(=O)Nc1ccc(Cl)cc1F. The van der Waals surface area contributed by atoms with E-state index in [0.29, 0.717) is 9.76 Å². The van der Waals surface area contributed by atoms with Gasteiger partial charge in [-0.15, -0.1) is 0 Å². The topological polar surface area (TPSA) is 56.0 Å². The van der Waals surface area contributed by atoms with Gasteiger partial charge in [-0.25, -0.2) is 4.39 Å². The molecule has 0 aliphatic heterocycles. The van der Waals surface area contributed by atoms with Gasteiger partial charge in [0.2, 0.25) is 5.91 Å². The van der Waals surface area contributed by atoms with Gasteiger partial charge in [-0.3, -0.25) is 4.79 Å². The van der Waals surface area contributed by atoms with Crippen LogP contribution in [0.1, 0.15) is 6.92 Å². The normalized spacial score (nSPS) is 12.0. The molecule has 1 N–H and O–H groups in total. The third kappa shape index (κ3) is 4.09. The molecule has 1 amide bonds. The van der Waals surface area contributed by atoms with Gasteiger partial charge in [0.25, 0.3) is 5.03 Å². The molecule has 0 aliphatic rings. The number of carbonyl (C=O) groups excluding carboxylic acids is 1. The van der Waals surface area contributed by atoms with E-state index in [-0.39, 0.29) is 10.7 Å². The van der Waals surface area contributed by atoms with E-state index in [4.69, 9.17) is 11.6 Å². The summed E-state index contributed by atoms with van der Waals surface area (Å²) < 4.78 is 14.3. The van der Waals surface area contributed by atoms with E-state index in [1.54, 1.807) is 25.1 Å². The molecule has 1 heterocycles. The van der Waals surface area contributed by atoms with Crippen molar-refractivity contribution in [3.63, 3.8) is 0 Å². The lowest BCUT2D eigenvalue weighted by atomic mass is 10.3. The zero-order valence-electron chi connectivity index (χ0n) is 11.0. The van der Waals surface area contributed by atoms with Crippen molar-refractivity contribution in [2.45, 2.75) is 17.2 Å². The zero-order valence-corrected chi connectivity index (χ0v) is 12.6. The van der Waals surface area contributed by atoms with Gasteiger partial charge < -0.3 is 10.5 Å². The number of hydrogen-bond acceptors (Lipinski definition) is 3. The van der Waals surface area contributed by atoms with Gasteiger partial charge in [-0.1, -0.05) is 11.6 Å². The molecule has 21 heavy (non-hydrogen) atoms. The number of rotatable bonds is 4. The minimum Gasteiger partial charge on any atom is -0.618 e. The Labute approximate surface area is 130 Å². The van der Waals surface area contributed by atoms with Crippen molar-refractivity contribution in [3.8, 4) is 0 Å². The van der Waals surface area contributed by atoms with Crippen molar-refractivity contribution in [3.05, 3.63) is 58.6 Å². The molecule has 0 saturated heterocycles. The summed E-state index contributed by atoms with van der Waals surface area (Å²) in [6, 6.07) is 8.93. The van der Waals surface area contributed by atoms with Gasteiger partial charge >= 0.3 is 0 Å². The summed E-state index contributed by atoms with van der Waals surface area (Å²) in [4.78, 5) is 12.0. The molecule has 7 heteroatoms. The van der Waals surface area contributed by atoms with E-state index in [9.17, 15) is 14.4 Å². The van der Waals surface area contributed by atoms with Crippen LogP contribution in [-0.4, -0.2) is 11.2 Å². The van der Waals surface area contributed by atoms with Gasteiger partial charge in [0.1, 0.15) is 5.82 Å². The van der Waals surface area contributed by atoms with Crippen LogP contribution in [0, 0.1) is 11.0 Å².